The van der Waals surface area contributed by atoms with E-state index in [1.807, 2.05) is 60.5 Å². The van der Waals surface area contributed by atoms with Crippen LogP contribution in [0.5, 0.6) is 5.75 Å². The number of nitrogens with zero attached hydrogens (tertiary/aromatic N) is 5. The minimum atomic E-state index is -0.295. The highest BCUT2D eigenvalue weighted by Gasteiger charge is 2.18. The Labute approximate surface area is 185 Å². The minimum absolute atomic E-state index is 0.263. The largest absolute Gasteiger partial charge is 0.494 e. The molecule has 0 atom stereocenters. The number of imidazole rings is 1. The summed E-state index contributed by atoms with van der Waals surface area (Å²) in [5.74, 6) is 1.44. The van der Waals surface area contributed by atoms with Gasteiger partial charge in [0.25, 0.3) is 11.5 Å². The molecule has 9 heteroatoms. The van der Waals surface area contributed by atoms with Crippen molar-refractivity contribution in [3.8, 4) is 17.0 Å². The summed E-state index contributed by atoms with van der Waals surface area (Å²) in [7, 11) is 1.82. The molecule has 1 N–H and O–H groups in total. The SMILES string of the molecule is CCOc1ccc(-c2cc(=O)n3ncc(C(=O)NCCCn4ccnc4C)c3n2C)cc1. The smallest absolute Gasteiger partial charge is 0.274 e. The maximum Gasteiger partial charge on any atom is 0.274 e. The lowest BCUT2D eigenvalue weighted by atomic mass is 10.1. The highest BCUT2D eigenvalue weighted by molar-refractivity contribution is 6.00. The van der Waals surface area contributed by atoms with Crippen LogP contribution in [-0.2, 0) is 13.6 Å². The van der Waals surface area contributed by atoms with Gasteiger partial charge in [-0.3, -0.25) is 9.59 Å². The van der Waals surface area contributed by atoms with Crippen molar-refractivity contribution in [2.75, 3.05) is 13.2 Å². The molecule has 1 amide bonds. The highest BCUT2D eigenvalue weighted by Crippen LogP contribution is 2.23. The second-order valence-corrected chi connectivity index (χ2v) is 7.46. The van der Waals surface area contributed by atoms with Gasteiger partial charge in [-0.2, -0.15) is 9.61 Å². The summed E-state index contributed by atoms with van der Waals surface area (Å²) in [5.41, 5.74) is 2.05. The van der Waals surface area contributed by atoms with Crippen molar-refractivity contribution in [3.05, 3.63) is 70.7 Å². The fraction of sp³-hybridized carbons (Fsp3) is 0.304. The summed E-state index contributed by atoms with van der Waals surface area (Å²) >= 11 is 0. The topological polar surface area (TPSA) is 95.4 Å². The van der Waals surface area contributed by atoms with Gasteiger partial charge in [-0.25, -0.2) is 4.98 Å². The number of fused-ring (bicyclic) bond motifs is 1. The molecule has 0 saturated carbocycles. The molecule has 0 aliphatic carbocycles. The first kappa shape index (κ1) is 21.4. The van der Waals surface area contributed by atoms with Crippen LogP contribution in [0.25, 0.3) is 16.9 Å². The molecule has 1 aromatic carbocycles. The van der Waals surface area contributed by atoms with Crippen LogP contribution < -0.4 is 15.6 Å². The second-order valence-electron chi connectivity index (χ2n) is 7.46. The Morgan fingerprint density at radius 1 is 1.22 bits per heavy atom. The van der Waals surface area contributed by atoms with Gasteiger partial charge in [0.05, 0.1) is 18.5 Å². The Kier molecular flexibility index (Phi) is 6.07. The van der Waals surface area contributed by atoms with E-state index >= 15 is 0 Å². The molecule has 3 heterocycles. The van der Waals surface area contributed by atoms with Crippen molar-refractivity contribution in [1.29, 1.82) is 0 Å². The van der Waals surface area contributed by atoms with Crippen molar-refractivity contribution < 1.29 is 9.53 Å². The molecular formula is C23H26N6O3. The molecule has 3 aromatic heterocycles. The van der Waals surface area contributed by atoms with Gasteiger partial charge < -0.3 is 19.2 Å². The van der Waals surface area contributed by atoms with E-state index in [0.717, 1.165) is 30.1 Å². The van der Waals surface area contributed by atoms with E-state index in [1.54, 1.807) is 6.20 Å². The third-order valence-electron chi connectivity index (χ3n) is 5.38. The number of carbonyl (C=O) groups excluding carboxylic acids is 1. The van der Waals surface area contributed by atoms with Crippen molar-refractivity contribution in [2.24, 2.45) is 7.05 Å². The van der Waals surface area contributed by atoms with E-state index in [2.05, 4.69) is 15.4 Å². The number of hydrogen-bond donors (Lipinski definition) is 1. The number of rotatable bonds is 8. The number of carbonyl (C=O) groups is 1. The number of nitrogens with one attached hydrogen (secondary N) is 1. The van der Waals surface area contributed by atoms with Crippen LogP contribution in [0.3, 0.4) is 0 Å². The summed E-state index contributed by atoms with van der Waals surface area (Å²) in [4.78, 5) is 29.7. The fourth-order valence-electron chi connectivity index (χ4n) is 3.73. The molecule has 0 saturated heterocycles. The van der Waals surface area contributed by atoms with E-state index in [0.29, 0.717) is 30.1 Å². The normalized spacial score (nSPS) is 11.1. The number of ether oxygens (including phenoxy) is 1. The quantitative estimate of drug-likeness (QED) is 0.430. The number of amides is 1. The summed E-state index contributed by atoms with van der Waals surface area (Å²) in [6, 6.07) is 9.03. The number of aromatic nitrogens is 5. The van der Waals surface area contributed by atoms with Gasteiger partial charge in [0.2, 0.25) is 0 Å². The molecule has 0 fully saturated rings. The molecule has 0 radical (unpaired) electrons. The monoisotopic (exact) mass is 434 g/mol. The van der Waals surface area contributed by atoms with E-state index in [-0.39, 0.29) is 11.5 Å². The van der Waals surface area contributed by atoms with Crippen LogP contribution in [-0.4, -0.2) is 42.8 Å². The zero-order chi connectivity index (χ0) is 22.7. The Morgan fingerprint density at radius 2 is 2.00 bits per heavy atom. The Hall–Kier alpha value is -3.88. The molecule has 32 heavy (non-hydrogen) atoms. The first-order chi connectivity index (χ1) is 15.5. The Morgan fingerprint density at radius 3 is 2.69 bits per heavy atom. The van der Waals surface area contributed by atoms with Gasteiger partial charge in [-0.15, -0.1) is 0 Å². The average Bonchev–Trinajstić information content (AvgIpc) is 3.41. The van der Waals surface area contributed by atoms with E-state index < -0.39 is 0 Å². The van der Waals surface area contributed by atoms with Gasteiger partial charge >= 0.3 is 0 Å². The fourth-order valence-corrected chi connectivity index (χ4v) is 3.73. The summed E-state index contributed by atoms with van der Waals surface area (Å²) in [6.07, 6.45) is 5.88. The first-order valence-electron chi connectivity index (χ1n) is 10.6. The predicted octanol–water partition coefficient (Wildman–Crippen LogP) is 2.42. The van der Waals surface area contributed by atoms with Crippen LogP contribution >= 0.6 is 0 Å². The standard InChI is InChI=1S/C23H26N6O3/c1-4-32-18-8-6-17(7-9-18)20-14-21(30)29-23(27(20)3)19(15-26-29)22(31)25-10-5-12-28-13-11-24-16(28)2/h6-9,11,13-15H,4-5,10,12H2,1-3H3,(H,25,31). The summed E-state index contributed by atoms with van der Waals surface area (Å²) < 4.78 is 10.6. The van der Waals surface area contributed by atoms with Crippen LogP contribution in [0, 0.1) is 6.92 Å². The predicted molar refractivity (Wildman–Crippen MR) is 121 cm³/mol. The molecule has 0 spiro atoms. The number of benzene rings is 1. The van der Waals surface area contributed by atoms with Crippen LogP contribution in [0.1, 0.15) is 29.5 Å². The second kappa shape index (κ2) is 9.09. The molecule has 4 aromatic rings. The first-order valence-corrected chi connectivity index (χ1v) is 10.6. The lowest BCUT2D eigenvalue weighted by Gasteiger charge is -2.13. The lowest BCUT2D eigenvalue weighted by molar-refractivity contribution is 0.0954. The van der Waals surface area contributed by atoms with Gasteiger partial charge in [-0.05, 0) is 50.1 Å². The number of aryl methyl sites for hydroxylation is 3. The van der Waals surface area contributed by atoms with Crippen LogP contribution in [0.15, 0.2) is 53.7 Å². The third-order valence-corrected chi connectivity index (χ3v) is 5.38. The van der Waals surface area contributed by atoms with Crippen molar-refractivity contribution in [1.82, 2.24) is 29.0 Å². The molecule has 9 nitrogen and oxygen atoms in total. The minimum Gasteiger partial charge on any atom is -0.494 e. The maximum absolute atomic E-state index is 12.9. The molecule has 0 unspecified atom stereocenters. The molecule has 4 rings (SSSR count). The van der Waals surface area contributed by atoms with E-state index in [1.165, 1.54) is 16.8 Å². The highest BCUT2D eigenvalue weighted by atomic mass is 16.5. The Bertz CT molecular complexity index is 1300. The maximum atomic E-state index is 12.9. The summed E-state index contributed by atoms with van der Waals surface area (Å²) in [5, 5.41) is 7.07. The summed E-state index contributed by atoms with van der Waals surface area (Å²) in [6.45, 7) is 5.72. The van der Waals surface area contributed by atoms with Crippen LogP contribution in [0.2, 0.25) is 0 Å². The number of hydrogen-bond acceptors (Lipinski definition) is 5. The molecule has 0 aliphatic heterocycles. The zero-order valence-corrected chi connectivity index (χ0v) is 18.4. The Balaban J connectivity index is 1.56. The van der Waals surface area contributed by atoms with Gasteiger partial charge in [0.1, 0.15) is 17.1 Å². The van der Waals surface area contributed by atoms with Crippen molar-refractivity contribution in [2.45, 2.75) is 26.8 Å². The van der Waals surface area contributed by atoms with Gasteiger partial charge in [-0.1, -0.05) is 0 Å². The lowest BCUT2D eigenvalue weighted by Crippen LogP contribution is -2.26. The van der Waals surface area contributed by atoms with Gasteiger partial charge in [0.15, 0.2) is 5.65 Å². The molecule has 0 bridgehead atoms. The van der Waals surface area contributed by atoms with Crippen LogP contribution in [0.4, 0.5) is 0 Å². The molecule has 166 valence electrons. The molecular weight excluding hydrogens is 408 g/mol. The van der Waals surface area contributed by atoms with Crippen molar-refractivity contribution in [3.63, 3.8) is 0 Å². The third kappa shape index (κ3) is 4.14. The van der Waals surface area contributed by atoms with E-state index in [4.69, 9.17) is 4.74 Å². The van der Waals surface area contributed by atoms with E-state index in [9.17, 15) is 9.59 Å². The molecule has 0 aliphatic rings. The van der Waals surface area contributed by atoms with Gasteiger partial charge in [0, 0.05) is 38.6 Å². The van der Waals surface area contributed by atoms with Crippen molar-refractivity contribution >= 4 is 11.6 Å². The zero-order valence-electron chi connectivity index (χ0n) is 18.4. The average molecular weight is 435 g/mol.